The SMILES string of the molecule is N#Cc1cc(Br)c2ccccc2c1. The van der Waals surface area contributed by atoms with Gasteiger partial charge in [-0.3, -0.25) is 0 Å². The number of hydrogen-bond acceptors (Lipinski definition) is 1. The Labute approximate surface area is 84.7 Å². The second-order valence-corrected chi connectivity index (χ2v) is 3.65. The van der Waals surface area contributed by atoms with Crippen LogP contribution < -0.4 is 0 Å². The molecule has 0 amide bonds. The van der Waals surface area contributed by atoms with Gasteiger partial charge in [-0.2, -0.15) is 5.26 Å². The Hall–Kier alpha value is -1.33. The zero-order chi connectivity index (χ0) is 9.26. The van der Waals surface area contributed by atoms with Gasteiger partial charge in [-0.05, 0) is 22.9 Å². The van der Waals surface area contributed by atoms with E-state index in [1.165, 1.54) is 0 Å². The van der Waals surface area contributed by atoms with Crippen LogP contribution >= 0.6 is 15.9 Å². The van der Waals surface area contributed by atoms with Gasteiger partial charge in [-0.15, -0.1) is 0 Å². The molecule has 0 aliphatic carbocycles. The topological polar surface area (TPSA) is 23.8 Å². The standard InChI is InChI=1S/C11H6BrN/c12-11-6-8(7-13)5-9-3-1-2-4-10(9)11/h1-6H. The first-order chi connectivity index (χ1) is 6.31. The Morgan fingerprint density at radius 1 is 1.15 bits per heavy atom. The highest BCUT2D eigenvalue weighted by Crippen LogP contribution is 2.25. The molecule has 2 heteroatoms. The van der Waals surface area contributed by atoms with E-state index in [0.717, 1.165) is 15.2 Å². The molecule has 0 aliphatic rings. The maximum Gasteiger partial charge on any atom is 0.0992 e. The van der Waals surface area contributed by atoms with Crippen LogP contribution in [0.2, 0.25) is 0 Å². The van der Waals surface area contributed by atoms with E-state index in [-0.39, 0.29) is 0 Å². The van der Waals surface area contributed by atoms with Gasteiger partial charge >= 0.3 is 0 Å². The van der Waals surface area contributed by atoms with Crippen LogP contribution in [0.4, 0.5) is 0 Å². The highest BCUT2D eigenvalue weighted by atomic mass is 79.9. The first kappa shape index (κ1) is 8.28. The molecule has 1 nitrogen and oxygen atoms in total. The third kappa shape index (κ3) is 1.43. The van der Waals surface area contributed by atoms with Gasteiger partial charge in [0, 0.05) is 4.47 Å². The number of nitriles is 1. The van der Waals surface area contributed by atoms with E-state index in [9.17, 15) is 0 Å². The first-order valence-electron chi connectivity index (χ1n) is 3.89. The molecule has 0 N–H and O–H groups in total. The molecule has 2 rings (SSSR count). The molecular weight excluding hydrogens is 226 g/mol. The van der Waals surface area contributed by atoms with E-state index in [1.54, 1.807) is 0 Å². The number of nitrogens with zero attached hydrogens (tertiary/aromatic N) is 1. The molecule has 0 radical (unpaired) electrons. The molecule has 2 aromatic rings. The van der Waals surface area contributed by atoms with E-state index < -0.39 is 0 Å². The average molecular weight is 232 g/mol. The van der Waals surface area contributed by atoms with Gasteiger partial charge in [-0.1, -0.05) is 40.2 Å². The molecule has 0 atom stereocenters. The summed E-state index contributed by atoms with van der Waals surface area (Å²) in [5, 5.41) is 11.0. The molecule has 2 aromatic carbocycles. The second-order valence-electron chi connectivity index (χ2n) is 2.79. The maximum absolute atomic E-state index is 8.75. The largest absolute Gasteiger partial charge is 0.192 e. The van der Waals surface area contributed by atoms with Crippen molar-refractivity contribution in [2.45, 2.75) is 0 Å². The van der Waals surface area contributed by atoms with Gasteiger partial charge in [0.05, 0.1) is 11.6 Å². The normalized spacial score (nSPS) is 9.85. The van der Waals surface area contributed by atoms with Crippen LogP contribution in [0.25, 0.3) is 10.8 Å². The Morgan fingerprint density at radius 2 is 1.92 bits per heavy atom. The van der Waals surface area contributed by atoms with E-state index in [2.05, 4.69) is 22.0 Å². The van der Waals surface area contributed by atoms with Crippen LogP contribution in [0.15, 0.2) is 40.9 Å². The highest BCUT2D eigenvalue weighted by Gasteiger charge is 1.99. The Bertz CT molecular complexity index is 497. The molecule has 0 saturated heterocycles. The quantitative estimate of drug-likeness (QED) is 0.682. The number of rotatable bonds is 0. The lowest BCUT2D eigenvalue weighted by atomic mass is 10.1. The third-order valence-corrected chi connectivity index (χ3v) is 2.60. The van der Waals surface area contributed by atoms with Crippen LogP contribution in [0.1, 0.15) is 5.56 Å². The summed E-state index contributed by atoms with van der Waals surface area (Å²) in [6.07, 6.45) is 0. The van der Waals surface area contributed by atoms with E-state index in [4.69, 9.17) is 5.26 Å². The Balaban J connectivity index is 2.86. The Morgan fingerprint density at radius 3 is 2.69 bits per heavy atom. The minimum absolute atomic E-state index is 0.686. The van der Waals surface area contributed by atoms with Crippen molar-refractivity contribution in [1.82, 2.24) is 0 Å². The highest BCUT2D eigenvalue weighted by molar-refractivity contribution is 9.10. The van der Waals surface area contributed by atoms with Crippen LogP contribution in [0, 0.1) is 11.3 Å². The van der Waals surface area contributed by atoms with Crippen molar-refractivity contribution in [3.8, 4) is 6.07 Å². The van der Waals surface area contributed by atoms with Gasteiger partial charge in [0.1, 0.15) is 0 Å². The minimum Gasteiger partial charge on any atom is -0.192 e. The van der Waals surface area contributed by atoms with Crippen molar-refractivity contribution in [2.75, 3.05) is 0 Å². The fraction of sp³-hybridized carbons (Fsp3) is 0. The van der Waals surface area contributed by atoms with Crippen molar-refractivity contribution in [2.24, 2.45) is 0 Å². The summed E-state index contributed by atoms with van der Waals surface area (Å²) in [5.74, 6) is 0. The molecule has 0 bridgehead atoms. The molecule has 0 aromatic heterocycles. The number of halogens is 1. The van der Waals surface area contributed by atoms with E-state index >= 15 is 0 Å². The second kappa shape index (κ2) is 3.20. The van der Waals surface area contributed by atoms with Crippen molar-refractivity contribution in [1.29, 1.82) is 5.26 Å². The van der Waals surface area contributed by atoms with Gasteiger partial charge in [-0.25, -0.2) is 0 Å². The Kier molecular flexibility index (Phi) is 2.03. The van der Waals surface area contributed by atoms with Gasteiger partial charge in [0.15, 0.2) is 0 Å². The molecule has 62 valence electrons. The summed E-state index contributed by atoms with van der Waals surface area (Å²) < 4.78 is 0.974. The average Bonchev–Trinajstić information content (AvgIpc) is 2.18. The predicted octanol–water partition coefficient (Wildman–Crippen LogP) is 3.47. The minimum atomic E-state index is 0.686. The molecule has 0 aliphatic heterocycles. The van der Waals surface area contributed by atoms with Crippen LogP contribution in [-0.2, 0) is 0 Å². The van der Waals surface area contributed by atoms with Crippen molar-refractivity contribution >= 4 is 26.7 Å². The summed E-state index contributed by atoms with van der Waals surface area (Å²) in [7, 11) is 0. The number of benzene rings is 2. The molecular formula is C11H6BrN. The molecule has 0 spiro atoms. The van der Waals surface area contributed by atoms with Crippen LogP contribution in [0.5, 0.6) is 0 Å². The zero-order valence-electron chi connectivity index (χ0n) is 6.79. The van der Waals surface area contributed by atoms with E-state index in [0.29, 0.717) is 5.56 Å². The third-order valence-electron chi connectivity index (χ3n) is 1.94. The summed E-state index contributed by atoms with van der Waals surface area (Å²) in [6, 6.07) is 13.8. The smallest absolute Gasteiger partial charge is 0.0992 e. The first-order valence-corrected chi connectivity index (χ1v) is 4.69. The summed E-state index contributed by atoms with van der Waals surface area (Å²) in [6.45, 7) is 0. The molecule has 0 unspecified atom stereocenters. The molecule has 13 heavy (non-hydrogen) atoms. The van der Waals surface area contributed by atoms with Crippen molar-refractivity contribution < 1.29 is 0 Å². The monoisotopic (exact) mass is 231 g/mol. The maximum atomic E-state index is 8.75. The van der Waals surface area contributed by atoms with Crippen molar-refractivity contribution in [3.05, 3.63) is 46.4 Å². The lowest BCUT2D eigenvalue weighted by Gasteiger charge is -2.00. The summed E-state index contributed by atoms with van der Waals surface area (Å²) >= 11 is 3.44. The lowest BCUT2D eigenvalue weighted by molar-refractivity contribution is 1.49. The van der Waals surface area contributed by atoms with Crippen LogP contribution in [0.3, 0.4) is 0 Å². The molecule has 0 heterocycles. The van der Waals surface area contributed by atoms with Gasteiger partial charge in [0.25, 0.3) is 0 Å². The zero-order valence-corrected chi connectivity index (χ0v) is 8.38. The number of fused-ring (bicyclic) bond motifs is 1. The molecule has 0 fully saturated rings. The van der Waals surface area contributed by atoms with Crippen molar-refractivity contribution in [3.63, 3.8) is 0 Å². The van der Waals surface area contributed by atoms with Gasteiger partial charge in [0.2, 0.25) is 0 Å². The fourth-order valence-corrected chi connectivity index (χ4v) is 1.94. The molecule has 0 saturated carbocycles. The van der Waals surface area contributed by atoms with E-state index in [1.807, 2.05) is 36.4 Å². The lowest BCUT2D eigenvalue weighted by Crippen LogP contribution is -1.78. The number of hydrogen-bond donors (Lipinski definition) is 0. The van der Waals surface area contributed by atoms with Crippen LogP contribution in [-0.4, -0.2) is 0 Å². The summed E-state index contributed by atoms with van der Waals surface area (Å²) in [5.41, 5.74) is 0.686. The van der Waals surface area contributed by atoms with Gasteiger partial charge < -0.3 is 0 Å². The summed E-state index contributed by atoms with van der Waals surface area (Å²) in [4.78, 5) is 0. The predicted molar refractivity (Wildman–Crippen MR) is 56.4 cm³/mol. The fourth-order valence-electron chi connectivity index (χ4n) is 1.33.